The number of ether oxygens (including phenoxy) is 2. The fourth-order valence-corrected chi connectivity index (χ4v) is 3.45. The summed E-state index contributed by atoms with van der Waals surface area (Å²) in [6, 6.07) is 4.70. The number of piperazine rings is 1. The summed E-state index contributed by atoms with van der Waals surface area (Å²) in [4.78, 5) is 2.60. The lowest BCUT2D eigenvalue weighted by atomic mass is 9.96. The van der Waals surface area contributed by atoms with Gasteiger partial charge < -0.3 is 14.8 Å². The molecule has 132 valence electrons. The molecule has 0 spiro atoms. The van der Waals surface area contributed by atoms with E-state index in [9.17, 15) is 0 Å². The lowest BCUT2D eigenvalue weighted by Gasteiger charge is -2.36. The summed E-state index contributed by atoms with van der Waals surface area (Å²) >= 11 is 0. The van der Waals surface area contributed by atoms with Crippen LogP contribution in [0.1, 0.15) is 30.0 Å². The molecule has 1 aliphatic carbocycles. The van der Waals surface area contributed by atoms with Crippen molar-refractivity contribution in [1.82, 2.24) is 10.2 Å². The van der Waals surface area contributed by atoms with Gasteiger partial charge in [-0.05, 0) is 43.4 Å². The minimum Gasteiger partial charge on any atom is -0.496 e. The van der Waals surface area contributed by atoms with E-state index in [0.29, 0.717) is 6.04 Å². The predicted molar refractivity (Wildman–Crippen MR) is 98.7 cm³/mol. The highest BCUT2D eigenvalue weighted by molar-refractivity contribution is 5.85. The molecule has 2 aliphatic rings. The van der Waals surface area contributed by atoms with Crippen LogP contribution in [0.15, 0.2) is 12.1 Å². The first kappa shape index (κ1) is 20.4. The molecule has 0 bridgehead atoms. The Balaban J connectivity index is 0.00000132. The zero-order chi connectivity index (χ0) is 14.8. The highest BCUT2D eigenvalue weighted by Crippen LogP contribution is 2.50. The molecule has 3 rings (SSSR count). The normalized spacial score (nSPS) is 19.3. The van der Waals surface area contributed by atoms with Crippen LogP contribution >= 0.6 is 24.8 Å². The predicted octanol–water partition coefficient (Wildman–Crippen LogP) is 3.21. The van der Waals surface area contributed by atoms with Crippen LogP contribution in [0.2, 0.25) is 0 Å². The number of halogens is 2. The summed E-state index contributed by atoms with van der Waals surface area (Å²) in [7, 11) is 3.53. The molecule has 23 heavy (non-hydrogen) atoms. The third-order valence-electron chi connectivity index (χ3n) is 4.60. The van der Waals surface area contributed by atoms with E-state index < -0.39 is 0 Å². The molecule has 2 fully saturated rings. The Kier molecular flexibility index (Phi) is 7.95. The Morgan fingerprint density at radius 3 is 2.00 bits per heavy atom. The highest BCUT2D eigenvalue weighted by atomic mass is 35.5. The van der Waals surface area contributed by atoms with Crippen LogP contribution in [0.4, 0.5) is 0 Å². The molecule has 0 radical (unpaired) electrons. The number of methoxy groups -OCH3 is 2. The molecule has 1 aromatic carbocycles. The maximum Gasteiger partial charge on any atom is 0.127 e. The van der Waals surface area contributed by atoms with Crippen molar-refractivity contribution in [3.8, 4) is 11.5 Å². The third kappa shape index (κ3) is 4.44. The van der Waals surface area contributed by atoms with Crippen LogP contribution in [0.25, 0.3) is 0 Å². The molecule has 4 nitrogen and oxygen atoms in total. The van der Waals surface area contributed by atoms with Gasteiger partial charge in [-0.2, -0.15) is 0 Å². The van der Waals surface area contributed by atoms with Gasteiger partial charge in [-0.15, -0.1) is 24.8 Å². The van der Waals surface area contributed by atoms with Gasteiger partial charge in [-0.25, -0.2) is 0 Å². The molecule has 1 saturated heterocycles. The first-order chi connectivity index (χ1) is 10.2. The van der Waals surface area contributed by atoms with E-state index in [4.69, 9.17) is 9.47 Å². The Morgan fingerprint density at radius 2 is 1.57 bits per heavy atom. The maximum absolute atomic E-state index is 5.70. The second-order valence-corrected chi connectivity index (χ2v) is 6.15. The summed E-state index contributed by atoms with van der Waals surface area (Å²) in [5.41, 5.74) is 2.43. The lowest BCUT2D eigenvalue weighted by Crippen LogP contribution is -2.45. The first-order valence-electron chi connectivity index (χ1n) is 7.92. The van der Waals surface area contributed by atoms with Crippen molar-refractivity contribution in [3.63, 3.8) is 0 Å². The van der Waals surface area contributed by atoms with Crippen molar-refractivity contribution in [2.24, 2.45) is 5.92 Å². The lowest BCUT2D eigenvalue weighted by molar-refractivity contribution is 0.150. The van der Waals surface area contributed by atoms with E-state index in [1.165, 1.54) is 24.0 Å². The SMILES string of the molecule is COc1cc(C)cc(OC)c1[C@@H](C1CC1)N1CCNCC1.Cl.Cl. The number of hydrogen-bond acceptors (Lipinski definition) is 4. The quantitative estimate of drug-likeness (QED) is 0.871. The molecule has 1 saturated carbocycles. The molecule has 0 aromatic heterocycles. The summed E-state index contributed by atoms with van der Waals surface area (Å²) < 4.78 is 11.4. The van der Waals surface area contributed by atoms with Crippen LogP contribution in [-0.4, -0.2) is 45.3 Å². The molecular formula is C17H28Cl2N2O2. The van der Waals surface area contributed by atoms with Crippen molar-refractivity contribution in [2.45, 2.75) is 25.8 Å². The Hall–Kier alpha value is -0.680. The van der Waals surface area contributed by atoms with E-state index in [-0.39, 0.29) is 24.8 Å². The van der Waals surface area contributed by atoms with Crippen LogP contribution in [-0.2, 0) is 0 Å². The third-order valence-corrected chi connectivity index (χ3v) is 4.60. The van der Waals surface area contributed by atoms with Crippen molar-refractivity contribution in [2.75, 3.05) is 40.4 Å². The number of nitrogens with one attached hydrogen (secondary N) is 1. The van der Waals surface area contributed by atoms with Gasteiger partial charge in [-0.3, -0.25) is 4.90 Å². The summed E-state index contributed by atoms with van der Waals surface area (Å²) in [5, 5.41) is 3.44. The number of benzene rings is 1. The standard InChI is InChI=1S/C17H26N2O2.2ClH/c1-12-10-14(20-2)16(15(11-12)21-3)17(13-4-5-13)19-8-6-18-7-9-19;;/h10-11,13,17-18H,4-9H2,1-3H3;2*1H/t17-;;/m1../s1. The van der Waals surface area contributed by atoms with E-state index >= 15 is 0 Å². The van der Waals surface area contributed by atoms with Crippen molar-refractivity contribution in [3.05, 3.63) is 23.3 Å². The molecule has 1 N–H and O–H groups in total. The number of hydrogen-bond donors (Lipinski definition) is 1. The van der Waals surface area contributed by atoms with Gasteiger partial charge in [0.1, 0.15) is 11.5 Å². The van der Waals surface area contributed by atoms with Gasteiger partial charge in [-0.1, -0.05) is 0 Å². The molecule has 1 aromatic rings. The van der Waals surface area contributed by atoms with E-state index in [1.54, 1.807) is 14.2 Å². The molecular weight excluding hydrogens is 335 g/mol. The maximum atomic E-state index is 5.70. The molecule has 0 amide bonds. The van der Waals surface area contributed by atoms with Crippen LogP contribution in [0, 0.1) is 12.8 Å². The number of aryl methyl sites for hydroxylation is 1. The van der Waals surface area contributed by atoms with E-state index in [0.717, 1.165) is 43.6 Å². The summed E-state index contributed by atoms with van der Waals surface area (Å²) in [6.45, 7) is 6.42. The second-order valence-electron chi connectivity index (χ2n) is 6.15. The Morgan fingerprint density at radius 1 is 1.04 bits per heavy atom. The zero-order valence-corrected chi connectivity index (χ0v) is 15.8. The van der Waals surface area contributed by atoms with Gasteiger partial charge in [0.25, 0.3) is 0 Å². The number of rotatable bonds is 5. The number of nitrogens with zero attached hydrogens (tertiary/aromatic N) is 1. The second kappa shape index (κ2) is 8.97. The highest BCUT2D eigenvalue weighted by Gasteiger charge is 2.40. The van der Waals surface area contributed by atoms with E-state index in [2.05, 4.69) is 29.3 Å². The van der Waals surface area contributed by atoms with Gasteiger partial charge in [0.15, 0.2) is 0 Å². The van der Waals surface area contributed by atoms with Crippen LogP contribution in [0.5, 0.6) is 11.5 Å². The minimum atomic E-state index is 0. The van der Waals surface area contributed by atoms with Gasteiger partial charge in [0, 0.05) is 32.2 Å². The fraction of sp³-hybridized carbons (Fsp3) is 0.647. The van der Waals surface area contributed by atoms with Gasteiger partial charge in [0.05, 0.1) is 19.8 Å². The largest absolute Gasteiger partial charge is 0.496 e. The van der Waals surface area contributed by atoms with Crippen molar-refractivity contribution >= 4 is 24.8 Å². The molecule has 1 aliphatic heterocycles. The van der Waals surface area contributed by atoms with Crippen molar-refractivity contribution < 1.29 is 9.47 Å². The molecule has 6 heteroatoms. The first-order valence-corrected chi connectivity index (χ1v) is 7.92. The van der Waals surface area contributed by atoms with Crippen molar-refractivity contribution in [1.29, 1.82) is 0 Å². The van der Waals surface area contributed by atoms with Gasteiger partial charge in [0.2, 0.25) is 0 Å². The Labute approximate surface area is 151 Å². The fourth-order valence-electron chi connectivity index (χ4n) is 3.45. The molecule has 1 heterocycles. The topological polar surface area (TPSA) is 33.7 Å². The Bertz CT molecular complexity index is 478. The monoisotopic (exact) mass is 362 g/mol. The zero-order valence-electron chi connectivity index (χ0n) is 14.1. The summed E-state index contributed by atoms with van der Waals surface area (Å²) in [5.74, 6) is 2.69. The average molecular weight is 363 g/mol. The van der Waals surface area contributed by atoms with Crippen LogP contribution < -0.4 is 14.8 Å². The summed E-state index contributed by atoms with van der Waals surface area (Å²) in [6.07, 6.45) is 2.63. The van der Waals surface area contributed by atoms with Gasteiger partial charge >= 0.3 is 0 Å². The van der Waals surface area contributed by atoms with E-state index in [1.807, 2.05) is 0 Å². The smallest absolute Gasteiger partial charge is 0.127 e. The minimum absolute atomic E-state index is 0. The molecule has 1 atom stereocenters. The average Bonchev–Trinajstić information content (AvgIpc) is 3.34. The van der Waals surface area contributed by atoms with Crippen LogP contribution in [0.3, 0.4) is 0 Å². The molecule has 0 unspecified atom stereocenters.